The quantitative estimate of drug-likeness (QED) is 0.421. The summed E-state index contributed by atoms with van der Waals surface area (Å²) in [6.07, 6.45) is 1.96. The number of hydrogen-bond donors (Lipinski definition) is 1. The highest BCUT2D eigenvalue weighted by molar-refractivity contribution is 6.17. The number of fused-ring (bicyclic) bond motifs is 3. The summed E-state index contributed by atoms with van der Waals surface area (Å²) in [5.41, 5.74) is 3.63. The monoisotopic (exact) mass is 184 g/mol. The van der Waals surface area contributed by atoms with Gasteiger partial charge in [0.2, 0.25) is 0 Å². The van der Waals surface area contributed by atoms with Crippen LogP contribution in [0.2, 0.25) is 0 Å². The van der Waals surface area contributed by atoms with Gasteiger partial charge < -0.3 is 9.77 Å². The maximum absolute atomic E-state index is 8.95. The molecule has 1 aliphatic rings. The fraction of sp³-hybridized carbons (Fsp3) is 0. The van der Waals surface area contributed by atoms with E-state index in [2.05, 4.69) is 5.16 Å². The zero-order valence-corrected chi connectivity index (χ0v) is 7.38. The van der Waals surface area contributed by atoms with Gasteiger partial charge in [0, 0.05) is 11.8 Å². The third-order valence-electron chi connectivity index (χ3n) is 2.51. The summed E-state index contributed by atoms with van der Waals surface area (Å²) in [6, 6.07) is 11.8. The van der Waals surface area contributed by atoms with Crippen molar-refractivity contribution >= 4 is 5.71 Å². The van der Waals surface area contributed by atoms with Crippen molar-refractivity contribution in [2.75, 3.05) is 0 Å². The van der Waals surface area contributed by atoms with E-state index in [1.54, 1.807) is 0 Å². The van der Waals surface area contributed by atoms with Gasteiger partial charge in [-0.3, -0.25) is 0 Å². The van der Waals surface area contributed by atoms with E-state index in [1.807, 2.05) is 47.2 Å². The van der Waals surface area contributed by atoms with E-state index in [9.17, 15) is 0 Å². The Morgan fingerprint density at radius 1 is 1.07 bits per heavy atom. The summed E-state index contributed by atoms with van der Waals surface area (Å²) in [5.74, 6) is 0. The predicted octanol–water partition coefficient (Wildman–Crippen LogP) is 2.02. The maximum atomic E-state index is 8.95. The topological polar surface area (TPSA) is 37.5 Å². The van der Waals surface area contributed by atoms with Crippen molar-refractivity contribution in [1.82, 2.24) is 4.57 Å². The number of benzene rings is 1. The average molecular weight is 184 g/mol. The molecule has 0 bridgehead atoms. The van der Waals surface area contributed by atoms with Crippen molar-refractivity contribution in [2.24, 2.45) is 5.16 Å². The van der Waals surface area contributed by atoms with Gasteiger partial charge in [0.1, 0.15) is 5.71 Å². The Morgan fingerprint density at radius 2 is 1.93 bits per heavy atom. The van der Waals surface area contributed by atoms with Gasteiger partial charge in [-0.25, -0.2) is 0 Å². The average Bonchev–Trinajstić information content (AvgIpc) is 2.77. The fourth-order valence-electron chi connectivity index (χ4n) is 1.91. The van der Waals surface area contributed by atoms with Crippen LogP contribution in [-0.4, -0.2) is 15.5 Å². The van der Waals surface area contributed by atoms with Crippen LogP contribution in [0, 0.1) is 0 Å². The van der Waals surface area contributed by atoms with Gasteiger partial charge in [0.15, 0.2) is 0 Å². The van der Waals surface area contributed by atoms with Crippen LogP contribution in [0.5, 0.6) is 0 Å². The summed E-state index contributed by atoms with van der Waals surface area (Å²) in [6.45, 7) is 0. The van der Waals surface area contributed by atoms with Crippen LogP contribution >= 0.6 is 0 Å². The third-order valence-corrected chi connectivity index (χ3v) is 2.51. The lowest BCUT2D eigenvalue weighted by atomic mass is 10.1. The van der Waals surface area contributed by atoms with Gasteiger partial charge in [0.25, 0.3) is 0 Å². The molecule has 0 unspecified atom stereocenters. The molecule has 0 aliphatic carbocycles. The minimum absolute atomic E-state index is 0.644. The van der Waals surface area contributed by atoms with Crippen LogP contribution < -0.4 is 0 Å². The van der Waals surface area contributed by atoms with Crippen LogP contribution in [0.4, 0.5) is 0 Å². The molecule has 1 aliphatic heterocycles. The highest BCUT2D eigenvalue weighted by Crippen LogP contribution is 2.27. The summed E-state index contributed by atoms with van der Waals surface area (Å²) >= 11 is 0. The van der Waals surface area contributed by atoms with Gasteiger partial charge in [0.05, 0.1) is 11.4 Å². The molecule has 14 heavy (non-hydrogen) atoms. The summed E-state index contributed by atoms with van der Waals surface area (Å²) in [4.78, 5) is 0. The summed E-state index contributed by atoms with van der Waals surface area (Å²) < 4.78 is 2.02. The summed E-state index contributed by atoms with van der Waals surface area (Å²) in [5, 5.41) is 12.3. The van der Waals surface area contributed by atoms with E-state index >= 15 is 0 Å². The van der Waals surface area contributed by atoms with E-state index in [1.165, 1.54) is 0 Å². The van der Waals surface area contributed by atoms with Crippen molar-refractivity contribution in [3.63, 3.8) is 0 Å². The van der Waals surface area contributed by atoms with Crippen LogP contribution in [-0.2, 0) is 0 Å². The SMILES string of the molecule is O/N=C1/c2ccccc2-n2cccc21. The lowest BCUT2D eigenvalue weighted by Crippen LogP contribution is -1.97. The first kappa shape index (κ1) is 7.38. The third kappa shape index (κ3) is 0.738. The van der Waals surface area contributed by atoms with E-state index in [4.69, 9.17) is 5.21 Å². The van der Waals surface area contributed by atoms with Crippen molar-refractivity contribution in [3.8, 4) is 5.69 Å². The first-order valence-electron chi connectivity index (χ1n) is 4.41. The molecular formula is C11H8N2O. The minimum Gasteiger partial charge on any atom is -0.410 e. The molecule has 3 nitrogen and oxygen atoms in total. The predicted molar refractivity (Wildman–Crippen MR) is 53.2 cm³/mol. The van der Waals surface area contributed by atoms with Crippen LogP contribution in [0.25, 0.3) is 5.69 Å². The molecule has 0 radical (unpaired) electrons. The second-order valence-corrected chi connectivity index (χ2v) is 3.23. The number of hydrogen-bond acceptors (Lipinski definition) is 2. The molecule has 3 heteroatoms. The number of oxime groups is 1. The smallest absolute Gasteiger partial charge is 0.135 e. The van der Waals surface area contributed by atoms with E-state index in [0.717, 1.165) is 16.9 Å². The second-order valence-electron chi connectivity index (χ2n) is 3.23. The zero-order chi connectivity index (χ0) is 9.54. The highest BCUT2D eigenvalue weighted by atomic mass is 16.4. The molecule has 0 saturated carbocycles. The number of aromatic nitrogens is 1. The van der Waals surface area contributed by atoms with Gasteiger partial charge in [-0.15, -0.1) is 0 Å². The number of nitrogens with zero attached hydrogens (tertiary/aromatic N) is 2. The standard InChI is InChI=1S/C11H8N2O/c14-12-11-8-4-1-2-5-9(8)13-7-3-6-10(11)13/h1-7,14H/b12-11-. The van der Waals surface area contributed by atoms with Crippen molar-refractivity contribution in [3.05, 3.63) is 53.9 Å². The Balaban J connectivity index is 2.42. The van der Waals surface area contributed by atoms with E-state index in [-0.39, 0.29) is 0 Å². The Labute approximate surface area is 80.9 Å². The molecule has 2 heterocycles. The molecule has 0 fully saturated rings. The van der Waals surface area contributed by atoms with Crippen LogP contribution in [0.15, 0.2) is 47.8 Å². The molecule has 68 valence electrons. The first-order chi connectivity index (χ1) is 6.92. The van der Waals surface area contributed by atoms with Crippen molar-refractivity contribution < 1.29 is 5.21 Å². The van der Waals surface area contributed by atoms with E-state index < -0.39 is 0 Å². The maximum Gasteiger partial charge on any atom is 0.135 e. The molecule has 1 N–H and O–H groups in total. The van der Waals surface area contributed by atoms with Gasteiger partial charge >= 0.3 is 0 Å². The van der Waals surface area contributed by atoms with Crippen molar-refractivity contribution in [2.45, 2.75) is 0 Å². The molecular weight excluding hydrogens is 176 g/mol. The summed E-state index contributed by atoms with van der Waals surface area (Å²) in [7, 11) is 0. The molecule has 3 rings (SSSR count). The molecule has 1 aromatic heterocycles. The number of rotatable bonds is 0. The highest BCUT2D eigenvalue weighted by Gasteiger charge is 2.23. The lowest BCUT2D eigenvalue weighted by Gasteiger charge is -1.98. The second kappa shape index (κ2) is 2.48. The Kier molecular flexibility index (Phi) is 1.31. The number of para-hydroxylation sites is 1. The molecule has 2 aromatic rings. The lowest BCUT2D eigenvalue weighted by molar-refractivity contribution is 0.319. The Hall–Kier alpha value is -2.03. The van der Waals surface area contributed by atoms with Crippen LogP contribution in [0.3, 0.4) is 0 Å². The largest absolute Gasteiger partial charge is 0.410 e. The Bertz CT molecular complexity index is 526. The minimum atomic E-state index is 0.644. The molecule has 1 aromatic carbocycles. The molecule has 0 amide bonds. The van der Waals surface area contributed by atoms with Gasteiger partial charge in [-0.1, -0.05) is 23.4 Å². The van der Waals surface area contributed by atoms with E-state index in [0.29, 0.717) is 5.71 Å². The zero-order valence-electron chi connectivity index (χ0n) is 7.38. The first-order valence-corrected chi connectivity index (χ1v) is 4.41. The van der Waals surface area contributed by atoms with Gasteiger partial charge in [-0.05, 0) is 18.2 Å². The fourth-order valence-corrected chi connectivity index (χ4v) is 1.91. The molecule has 0 saturated heterocycles. The molecule has 0 atom stereocenters. The Morgan fingerprint density at radius 3 is 2.79 bits per heavy atom. The van der Waals surface area contributed by atoms with Gasteiger partial charge in [-0.2, -0.15) is 0 Å². The molecule has 0 spiro atoms. The normalized spacial score (nSPS) is 15.6. The van der Waals surface area contributed by atoms with Crippen LogP contribution in [0.1, 0.15) is 11.3 Å². The van der Waals surface area contributed by atoms with Crippen molar-refractivity contribution in [1.29, 1.82) is 0 Å².